The van der Waals surface area contributed by atoms with Crippen LogP contribution in [0.3, 0.4) is 0 Å². The second kappa shape index (κ2) is 4.30. The molecule has 0 aliphatic carbocycles. The van der Waals surface area contributed by atoms with E-state index >= 15 is 0 Å². The number of nitrogens with one attached hydrogen (secondary N) is 1. The van der Waals surface area contributed by atoms with E-state index in [1.165, 1.54) is 18.1 Å². The Balaban J connectivity index is 2.06. The summed E-state index contributed by atoms with van der Waals surface area (Å²) in [6, 6.07) is 0. The van der Waals surface area contributed by atoms with Crippen molar-refractivity contribution in [2.45, 2.75) is 0 Å². The van der Waals surface area contributed by atoms with Gasteiger partial charge in [-0.3, -0.25) is 4.79 Å². The summed E-state index contributed by atoms with van der Waals surface area (Å²) < 4.78 is 0. The molecule has 0 bridgehead atoms. The number of amides is 1. The second-order valence-corrected chi connectivity index (χ2v) is 4.83. The van der Waals surface area contributed by atoms with E-state index in [0.29, 0.717) is 16.4 Å². The lowest BCUT2D eigenvalue weighted by Crippen LogP contribution is -2.28. The number of rotatable bonds is 2. The van der Waals surface area contributed by atoms with Crippen molar-refractivity contribution in [3.8, 4) is 0 Å². The number of hydrogen-bond acceptors (Lipinski definition) is 6. The molecule has 1 aliphatic rings. The van der Waals surface area contributed by atoms with Gasteiger partial charge in [0, 0.05) is 18.5 Å². The number of hydrogen-bond donors (Lipinski definition) is 2. The molecule has 2 aromatic rings. The number of aromatic amines is 1. The Morgan fingerprint density at radius 2 is 2.33 bits per heavy atom. The summed E-state index contributed by atoms with van der Waals surface area (Å²) >= 11 is 1.45. The Bertz CT molecular complexity index is 636. The third-order valence-corrected chi connectivity index (χ3v) is 3.59. The topological polar surface area (TPSA) is 101 Å². The van der Waals surface area contributed by atoms with Gasteiger partial charge in [0.05, 0.1) is 11.2 Å². The minimum atomic E-state index is -0.417. The van der Waals surface area contributed by atoms with Crippen LogP contribution in [-0.2, 0) is 4.79 Å². The van der Waals surface area contributed by atoms with Gasteiger partial charge in [0.15, 0.2) is 11.5 Å². The highest BCUT2D eigenvalue weighted by molar-refractivity contribution is 8.04. The molecular weight excluding hydrogens is 252 g/mol. The van der Waals surface area contributed by atoms with E-state index in [0.717, 1.165) is 17.8 Å². The number of carbonyl (C=O) groups is 1. The molecule has 0 aromatic carbocycles. The van der Waals surface area contributed by atoms with Crippen LogP contribution in [0.15, 0.2) is 23.8 Å². The molecule has 3 N–H and O–H groups in total. The maximum Gasteiger partial charge on any atom is 0.256 e. The minimum Gasteiger partial charge on any atom is -0.365 e. The number of aromatic nitrogens is 4. The van der Waals surface area contributed by atoms with Gasteiger partial charge < -0.3 is 15.6 Å². The highest BCUT2D eigenvalue weighted by Crippen LogP contribution is 2.27. The smallest absolute Gasteiger partial charge is 0.256 e. The van der Waals surface area contributed by atoms with E-state index in [4.69, 9.17) is 5.73 Å². The van der Waals surface area contributed by atoms with Crippen LogP contribution in [0, 0.1) is 0 Å². The predicted molar refractivity (Wildman–Crippen MR) is 68.8 cm³/mol. The van der Waals surface area contributed by atoms with Crippen LogP contribution < -0.4 is 10.6 Å². The molecule has 0 spiro atoms. The van der Waals surface area contributed by atoms with Crippen molar-refractivity contribution >= 4 is 34.7 Å². The van der Waals surface area contributed by atoms with Crippen molar-refractivity contribution in [1.82, 2.24) is 19.9 Å². The van der Waals surface area contributed by atoms with E-state index in [1.54, 1.807) is 12.5 Å². The lowest BCUT2D eigenvalue weighted by molar-refractivity contribution is -0.113. The summed E-state index contributed by atoms with van der Waals surface area (Å²) in [7, 11) is 0. The Morgan fingerprint density at radius 3 is 3.17 bits per heavy atom. The molecule has 7 nitrogen and oxygen atoms in total. The Labute approximate surface area is 106 Å². The third-order valence-electron chi connectivity index (χ3n) is 2.58. The fraction of sp³-hybridized carbons (Fsp3) is 0.200. The molecule has 0 unspecified atom stereocenters. The van der Waals surface area contributed by atoms with Gasteiger partial charge in [-0.15, -0.1) is 11.8 Å². The fourth-order valence-corrected chi connectivity index (χ4v) is 2.62. The van der Waals surface area contributed by atoms with Crippen LogP contribution in [0.1, 0.15) is 0 Å². The number of nitrogens with zero attached hydrogens (tertiary/aromatic N) is 4. The van der Waals surface area contributed by atoms with Crippen molar-refractivity contribution in [1.29, 1.82) is 0 Å². The monoisotopic (exact) mass is 262 g/mol. The largest absolute Gasteiger partial charge is 0.365 e. The average Bonchev–Trinajstić information content (AvgIpc) is 2.87. The van der Waals surface area contributed by atoms with Gasteiger partial charge in [0.1, 0.15) is 11.8 Å². The van der Waals surface area contributed by atoms with Gasteiger partial charge in [-0.1, -0.05) is 0 Å². The fourth-order valence-electron chi connectivity index (χ4n) is 1.77. The molecule has 0 saturated heterocycles. The molecule has 3 heterocycles. The first-order chi connectivity index (χ1) is 8.75. The maximum atomic E-state index is 11.2. The molecule has 0 saturated carbocycles. The summed E-state index contributed by atoms with van der Waals surface area (Å²) in [6.45, 7) is 0.757. The normalized spacial score (nSPS) is 15.8. The zero-order valence-corrected chi connectivity index (χ0v) is 10.1. The van der Waals surface area contributed by atoms with Crippen molar-refractivity contribution < 1.29 is 4.79 Å². The Hall–Kier alpha value is -2.09. The van der Waals surface area contributed by atoms with E-state index in [1.807, 2.05) is 4.90 Å². The zero-order valence-electron chi connectivity index (χ0n) is 9.33. The van der Waals surface area contributed by atoms with Crippen molar-refractivity contribution in [3.05, 3.63) is 23.8 Å². The number of thioether (sulfide) groups is 1. The van der Waals surface area contributed by atoms with Crippen molar-refractivity contribution in [2.24, 2.45) is 5.73 Å². The summed E-state index contributed by atoms with van der Waals surface area (Å²) in [4.78, 5) is 29.0. The second-order valence-electron chi connectivity index (χ2n) is 3.70. The maximum absolute atomic E-state index is 11.2. The Morgan fingerprint density at radius 1 is 1.44 bits per heavy atom. The zero-order chi connectivity index (χ0) is 12.5. The van der Waals surface area contributed by atoms with E-state index in [2.05, 4.69) is 19.9 Å². The summed E-state index contributed by atoms with van der Waals surface area (Å²) in [5.41, 5.74) is 6.65. The van der Waals surface area contributed by atoms with Crippen molar-refractivity contribution in [2.75, 3.05) is 17.2 Å². The van der Waals surface area contributed by atoms with Crippen LogP contribution in [0.25, 0.3) is 11.2 Å². The van der Waals surface area contributed by atoms with Crippen LogP contribution in [0.4, 0.5) is 5.82 Å². The number of H-pyrrole nitrogens is 1. The molecule has 0 radical (unpaired) electrons. The van der Waals surface area contributed by atoms with Gasteiger partial charge in [-0.25, -0.2) is 15.0 Å². The van der Waals surface area contributed by atoms with Gasteiger partial charge in [0.25, 0.3) is 5.91 Å². The molecule has 0 atom stereocenters. The first-order valence-corrected chi connectivity index (χ1v) is 6.29. The number of nitrogens with two attached hydrogens (primary N) is 1. The van der Waals surface area contributed by atoms with Crippen LogP contribution in [-0.4, -0.2) is 38.1 Å². The first kappa shape index (κ1) is 11.0. The van der Waals surface area contributed by atoms with Crippen molar-refractivity contribution in [3.63, 3.8) is 0 Å². The summed E-state index contributed by atoms with van der Waals surface area (Å²) in [5, 5.41) is 0. The summed E-state index contributed by atoms with van der Waals surface area (Å²) in [6.07, 6.45) is 4.75. The molecule has 3 rings (SSSR count). The van der Waals surface area contributed by atoms with Crippen LogP contribution in [0.2, 0.25) is 0 Å². The molecule has 2 aromatic heterocycles. The number of anilines is 1. The Kier molecular flexibility index (Phi) is 2.63. The van der Waals surface area contributed by atoms with Gasteiger partial charge in [-0.05, 0) is 0 Å². The third kappa shape index (κ3) is 1.80. The first-order valence-electron chi connectivity index (χ1n) is 5.31. The molecule has 1 aliphatic heterocycles. The lowest BCUT2D eigenvalue weighted by Gasteiger charge is -2.24. The molecule has 92 valence electrons. The minimum absolute atomic E-state index is 0.417. The summed E-state index contributed by atoms with van der Waals surface area (Å²) in [5.74, 6) is 1.07. The van der Waals surface area contributed by atoms with Gasteiger partial charge in [-0.2, -0.15) is 0 Å². The highest BCUT2D eigenvalue weighted by atomic mass is 32.2. The quantitative estimate of drug-likeness (QED) is 0.803. The number of primary amides is 1. The molecular formula is C10H10N6OS. The highest BCUT2D eigenvalue weighted by Gasteiger charge is 2.19. The number of fused-ring (bicyclic) bond motifs is 1. The SMILES string of the molecule is NC(=O)C1=CN(c2ncnc3nc[nH]c23)CCS1. The van der Waals surface area contributed by atoms with Gasteiger partial charge in [0.2, 0.25) is 0 Å². The van der Waals surface area contributed by atoms with E-state index in [-0.39, 0.29) is 0 Å². The average molecular weight is 262 g/mol. The standard InChI is InChI=1S/C10H10N6OS/c11-8(17)6-3-16(1-2-18-6)10-7-9(13-4-12-7)14-5-15-10/h3-5H,1-2H2,(H2,11,17)(H,12,13,14,15). The lowest BCUT2D eigenvalue weighted by atomic mass is 10.4. The van der Waals surface area contributed by atoms with Crippen LogP contribution >= 0.6 is 11.8 Å². The molecule has 18 heavy (non-hydrogen) atoms. The van der Waals surface area contributed by atoms with E-state index < -0.39 is 5.91 Å². The van der Waals surface area contributed by atoms with Gasteiger partial charge >= 0.3 is 0 Å². The van der Waals surface area contributed by atoms with Crippen LogP contribution in [0.5, 0.6) is 0 Å². The predicted octanol–water partition coefficient (Wildman–Crippen LogP) is 0.233. The molecule has 1 amide bonds. The van der Waals surface area contributed by atoms with E-state index in [9.17, 15) is 4.79 Å². The molecule has 8 heteroatoms. The number of imidazole rings is 1. The molecule has 0 fully saturated rings. The number of carbonyl (C=O) groups excluding carboxylic acids is 1.